The maximum absolute atomic E-state index is 13.2. The van der Waals surface area contributed by atoms with Crippen LogP contribution in [0.25, 0.3) is 0 Å². The fourth-order valence-electron chi connectivity index (χ4n) is 2.25. The average Bonchev–Trinajstić information content (AvgIpc) is 2.25. The van der Waals surface area contributed by atoms with Crippen molar-refractivity contribution < 1.29 is 4.39 Å². The second kappa shape index (κ2) is 4.69. The second-order valence-electron chi connectivity index (χ2n) is 5.42. The van der Waals surface area contributed by atoms with Crippen LogP contribution in [-0.4, -0.2) is 9.97 Å². The van der Waals surface area contributed by atoms with Gasteiger partial charge in [-0.15, -0.1) is 0 Å². The van der Waals surface area contributed by atoms with Crippen molar-refractivity contribution in [3.63, 3.8) is 0 Å². The van der Waals surface area contributed by atoms with Gasteiger partial charge in [-0.25, -0.2) is 14.4 Å². The Labute approximate surface area is 111 Å². The van der Waals surface area contributed by atoms with Crippen molar-refractivity contribution in [2.75, 3.05) is 0 Å². The molecule has 0 saturated heterocycles. The van der Waals surface area contributed by atoms with Gasteiger partial charge in [0.1, 0.15) is 5.82 Å². The van der Waals surface area contributed by atoms with Crippen molar-refractivity contribution >= 4 is 23.2 Å². The first-order chi connectivity index (χ1) is 7.89. The highest BCUT2D eigenvalue weighted by atomic mass is 35.5. The summed E-state index contributed by atoms with van der Waals surface area (Å²) in [4.78, 5) is 8.00. The molecule has 0 N–H and O–H groups in total. The van der Waals surface area contributed by atoms with Gasteiger partial charge in [0, 0.05) is 5.92 Å². The van der Waals surface area contributed by atoms with E-state index in [1.54, 1.807) is 0 Å². The predicted molar refractivity (Wildman–Crippen MR) is 67.0 cm³/mol. The molecule has 1 aromatic rings. The number of rotatable bonds is 1. The van der Waals surface area contributed by atoms with Crippen LogP contribution in [0.1, 0.15) is 51.3 Å². The van der Waals surface area contributed by atoms with Crippen LogP contribution in [0, 0.1) is 11.2 Å². The molecule has 5 heteroatoms. The molecule has 0 atom stereocenters. The molecule has 1 fully saturated rings. The predicted octanol–water partition coefficient (Wildman–Crippen LogP) is 4.61. The topological polar surface area (TPSA) is 25.8 Å². The van der Waals surface area contributed by atoms with Crippen molar-refractivity contribution in [1.82, 2.24) is 9.97 Å². The summed E-state index contributed by atoms with van der Waals surface area (Å²) in [6.45, 7) is 4.52. The van der Waals surface area contributed by atoms with E-state index in [1.807, 2.05) is 0 Å². The second-order valence-corrected chi connectivity index (χ2v) is 6.13. The Morgan fingerprint density at radius 1 is 1.12 bits per heavy atom. The first kappa shape index (κ1) is 13.0. The van der Waals surface area contributed by atoms with Crippen LogP contribution < -0.4 is 0 Å². The fraction of sp³-hybridized carbons (Fsp3) is 0.667. The third-order valence-corrected chi connectivity index (χ3v) is 3.99. The van der Waals surface area contributed by atoms with Gasteiger partial charge in [-0.3, -0.25) is 0 Å². The van der Waals surface area contributed by atoms with E-state index in [2.05, 4.69) is 23.8 Å². The average molecular weight is 277 g/mol. The molecule has 0 radical (unpaired) electrons. The van der Waals surface area contributed by atoms with Crippen LogP contribution in [0.5, 0.6) is 0 Å². The Bertz CT molecular complexity index is 402. The normalized spacial score (nSPS) is 20.5. The van der Waals surface area contributed by atoms with Gasteiger partial charge in [0.15, 0.2) is 16.1 Å². The van der Waals surface area contributed by atoms with E-state index >= 15 is 0 Å². The Balaban J connectivity index is 2.19. The minimum absolute atomic E-state index is 0.176. The highest BCUT2D eigenvalue weighted by molar-refractivity contribution is 6.33. The van der Waals surface area contributed by atoms with E-state index < -0.39 is 5.82 Å². The molecule has 1 heterocycles. The molecule has 0 unspecified atom stereocenters. The summed E-state index contributed by atoms with van der Waals surface area (Å²) in [7, 11) is 0. The van der Waals surface area contributed by atoms with Crippen molar-refractivity contribution in [1.29, 1.82) is 0 Å². The number of nitrogens with zero attached hydrogens (tertiary/aromatic N) is 2. The summed E-state index contributed by atoms with van der Waals surface area (Å²) in [5, 5.41) is -0.352. The van der Waals surface area contributed by atoms with Gasteiger partial charge in [0.2, 0.25) is 0 Å². The van der Waals surface area contributed by atoms with Crippen LogP contribution in [0.4, 0.5) is 4.39 Å². The molecule has 0 aromatic carbocycles. The van der Waals surface area contributed by atoms with Gasteiger partial charge in [0.05, 0.1) is 0 Å². The lowest BCUT2D eigenvalue weighted by molar-refractivity contribution is 0.220. The zero-order valence-electron chi connectivity index (χ0n) is 9.93. The van der Waals surface area contributed by atoms with Crippen LogP contribution in [-0.2, 0) is 0 Å². The smallest absolute Gasteiger partial charge is 0.197 e. The Kier molecular flexibility index (Phi) is 3.60. The van der Waals surface area contributed by atoms with Crippen molar-refractivity contribution in [2.24, 2.45) is 5.41 Å². The Hall–Kier alpha value is -0.410. The fourth-order valence-corrected chi connectivity index (χ4v) is 2.65. The molecule has 0 aliphatic heterocycles. The summed E-state index contributed by atoms with van der Waals surface area (Å²) >= 11 is 11.4. The lowest BCUT2D eigenvalue weighted by Crippen LogP contribution is -2.21. The third kappa shape index (κ3) is 2.89. The first-order valence-electron chi connectivity index (χ1n) is 5.77. The van der Waals surface area contributed by atoms with Gasteiger partial charge in [-0.05, 0) is 31.1 Å². The van der Waals surface area contributed by atoms with Crippen LogP contribution in [0.15, 0.2) is 0 Å². The third-order valence-electron chi connectivity index (χ3n) is 3.49. The molecular weight excluding hydrogens is 262 g/mol. The molecule has 0 bridgehead atoms. The molecule has 1 aromatic heterocycles. The number of hydrogen-bond donors (Lipinski definition) is 0. The summed E-state index contributed by atoms with van der Waals surface area (Å²) in [6.07, 6.45) is 4.25. The Morgan fingerprint density at radius 3 is 2.06 bits per heavy atom. The maximum Gasteiger partial charge on any atom is 0.197 e. The van der Waals surface area contributed by atoms with Crippen LogP contribution in [0.2, 0.25) is 10.3 Å². The molecule has 0 spiro atoms. The van der Waals surface area contributed by atoms with Crippen molar-refractivity contribution in [3.05, 3.63) is 21.9 Å². The highest BCUT2D eigenvalue weighted by Gasteiger charge is 2.29. The van der Waals surface area contributed by atoms with Gasteiger partial charge in [0.25, 0.3) is 0 Å². The van der Waals surface area contributed by atoms with Gasteiger partial charge >= 0.3 is 0 Å². The molecule has 1 saturated carbocycles. The molecule has 94 valence electrons. The summed E-state index contributed by atoms with van der Waals surface area (Å²) in [5.74, 6) is 0.101. The van der Waals surface area contributed by atoms with E-state index in [1.165, 1.54) is 0 Å². The quantitative estimate of drug-likeness (QED) is 0.701. The molecule has 1 aliphatic carbocycles. The maximum atomic E-state index is 13.2. The largest absolute Gasteiger partial charge is 0.218 e. The van der Waals surface area contributed by atoms with Gasteiger partial charge < -0.3 is 0 Å². The summed E-state index contributed by atoms with van der Waals surface area (Å²) in [6, 6.07) is 0. The van der Waals surface area contributed by atoms with E-state index in [0.717, 1.165) is 25.7 Å². The molecule has 2 nitrogen and oxygen atoms in total. The minimum Gasteiger partial charge on any atom is -0.218 e. The van der Waals surface area contributed by atoms with E-state index in [9.17, 15) is 4.39 Å². The van der Waals surface area contributed by atoms with Crippen molar-refractivity contribution in [3.8, 4) is 0 Å². The minimum atomic E-state index is -0.728. The van der Waals surface area contributed by atoms with E-state index in [-0.39, 0.29) is 16.2 Å². The van der Waals surface area contributed by atoms with Crippen LogP contribution in [0.3, 0.4) is 0 Å². The monoisotopic (exact) mass is 276 g/mol. The van der Waals surface area contributed by atoms with E-state index in [0.29, 0.717) is 11.2 Å². The van der Waals surface area contributed by atoms with Crippen LogP contribution >= 0.6 is 23.2 Å². The van der Waals surface area contributed by atoms with E-state index in [4.69, 9.17) is 23.2 Å². The molecule has 0 amide bonds. The SMILES string of the molecule is CC1(C)CCC(c2nc(Cl)c(F)c(Cl)n2)CC1. The molecule has 17 heavy (non-hydrogen) atoms. The lowest BCUT2D eigenvalue weighted by Gasteiger charge is -2.33. The van der Waals surface area contributed by atoms with Gasteiger partial charge in [-0.1, -0.05) is 37.0 Å². The zero-order chi connectivity index (χ0) is 12.6. The highest BCUT2D eigenvalue weighted by Crippen LogP contribution is 2.41. The molecule has 2 rings (SSSR count). The first-order valence-corrected chi connectivity index (χ1v) is 6.53. The lowest BCUT2D eigenvalue weighted by atomic mass is 9.73. The van der Waals surface area contributed by atoms with Crippen molar-refractivity contribution in [2.45, 2.75) is 45.4 Å². The molecule has 1 aliphatic rings. The van der Waals surface area contributed by atoms with Gasteiger partial charge in [-0.2, -0.15) is 0 Å². The number of aromatic nitrogens is 2. The standard InChI is InChI=1S/C12H15Cl2FN2/c1-12(2)5-3-7(4-6-12)11-16-9(13)8(15)10(14)17-11/h7H,3-6H2,1-2H3. The molecular formula is C12H15Cl2FN2. The number of halogens is 3. The Morgan fingerprint density at radius 2 is 1.59 bits per heavy atom. The summed E-state index contributed by atoms with van der Waals surface area (Å²) in [5.41, 5.74) is 0.379. The summed E-state index contributed by atoms with van der Waals surface area (Å²) < 4.78 is 13.2. The number of hydrogen-bond acceptors (Lipinski definition) is 2. The zero-order valence-corrected chi connectivity index (χ0v) is 11.4.